The van der Waals surface area contributed by atoms with E-state index in [9.17, 15) is 9.18 Å². The molecule has 7 heteroatoms. The average molecular weight is 421 g/mol. The molecule has 152 valence electrons. The van der Waals surface area contributed by atoms with Crippen LogP contribution in [0.25, 0.3) is 5.69 Å². The first kappa shape index (κ1) is 20.1. The number of carbonyl (C=O) groups is 1. The monoisotopic (exact) mass is 421 g/mol. The third-order valence-electron chi connectivity index (χ3n) is 4.77. The Bertz CT molecular complexity index is 1180. The first-order chi connectivity index (χ1) is 14.5. The largest absolute Gasteiger partial charge is 0.416 e. The smallest absolute Gasteiger partial charge is 0.277 e. The number of ketones is 1. The Balaban J connectivity index is 1.44. The molecular weight excluding hydrogens is 401 g/mol. The van der Waals surface area contributed by atoms with E-state index in [0.29, 0.717) is 28.8 Å². The molecule has 0 aliphatic heterocycles. The van der Waals surface area contributed by atoms with Crippen LogP contribution in [0.5, 0.6) is 0 Å². The van der Waals surface area contributed by atoms with Gasteiger partial charge < -0.3 is 8.98 Å². The molecule has 0 atom stereocenters. The van der Waals surface area contributed by atoms with E-state index in [4.69, 9.17) is 4.42 Å². The summed E-state index contributed by atoms with van der Waals surface area (Å²) in [5.74, 6) is 0.338. The fraction of sp³-hybridized carbons (Fsp3) is 0.174. The molecule has 0 radical (unpaired) electrons. The molecule has 0 fully saturated rings. The summed E-state index contributed by atoms with van der Waals surface area (Å²) in [5, 5.41) is 8.45. The summed E-state index contributed by atoms with van der Waals surface area (Å²) < 4.78 is 21.2. The van der Waals surface area contributed by atoms with Gasteiger partial charge in [0.25, 0.3) is 5.22 Å². The van der Waals surface area contributed by atoms with E-state index in [1.165, 1.54) is 23.9 Å². The highest BCUT2D eigenvalue weighted by Crippen LogP contribution is 2.24. The molecule has 0 spiro atoms. The Labute approximate surface area is 177 Å². The second-order valence-electron chi connectivity index (χ2n) is 6.94. The number of benzene rings is 2. The maximum atomic E-state index is 13.6. The first-order valence-corrected chi connectivity index (χ1v) is 10.5. The summed E-state index contributed by atoms with van der Waals surface area (Å²) in [6.07, 6.45) is 0.553. The molecule has 0 unspecified atom stereocenters. The normalized spacial score (nSPS) is 11.0. The average Bonchev–Trinajstić information content (AvgIpc) is 3.30. The van der Waals surface area contributed by atoms with Crippen molar-refractivity contribution in [2.24, 2.45) is 0 Å². The van der Waals surface area contributed by atoms with Crippen molar-refractivity contribution in [3.8, 4) is 5.69 Å². The molecule has 4 aromatic rings. The van der Waals surface area contributed by atoms with Gasteiger partial charge in [-0.1, -0.05) is 48.2 Å². The minimum Gasteiger partial charge on any atom is -0.416 e. The van der Waals surface area contributed by atoms with Gasteiger partial charge in [0.1, 0.15) is 5.82 Å². The maximum Gasteiger partial charge on any atom is 0.277 e. The van der Waals surface area contributed by atoms with Gasteiger partial charge in [-0.15, -0.1) is 10.2 Å². The summed E-state index contributed by atoms with van der Waals surface area (Å²) in [5.41, 5.74) is 4.03. The van der Waals surface area contributed by atoms with Crippen LogP contribution in [0, 0.1) is 19.7 Å². The fourth-order valence-electron chi connectivity index (χ4n) is 3.40. The number of carbonyl (C=O) groups excluding carboxylic acids is 1. The lowest BCUT2D eigenvalue weighted by molar-refractivity contribution is 0.102. The predicted molar refractivity (Wildman–Crippen MR) is 114 cm³/mol. The van der Waals surface area contributed by atoms with Crippen LogP contribution in [0.4, 0.5) is 4.39 Å². The van der Waals surface area contributed by atoms with E-state index in [2.05, 4.69) is 10.2 Å². The van der Waals surface area contributed by atoms with Crippen LogP contribution in [-0.2, 0) is 6.42 Å². The predicted octanol–water partition coefficient (Wildman–Crippen LogP) is 5.18. The van der Waals surface area contributed by atoms with E-state index >= 15 is 0 Å². The Morgan fingerprint density at radius 1 is 1.07 bits per heavy atom. The highest BCUT2D eigenvalue weighted by Gasteiger charge is 2.18. The molecule has 4 rings (SSSR count). The lowest BCUT2D eigenvalue weighted by atomic mass is 10.2. The van der Waals surface area contributed by atoms with Crippen molar-refractivity contribution in [1.82, 2.24) is 14.8 Å². The van der Waals surface area contributed by atoms with Gasteiger partial charge in [0, 0.05) is 22.6 Å². The zero-order valence-electron chi connectivity index (χ0n) is 16.6. The molecule has 0 aliphatic rings. The van der Waals surface area contributed by atoms with Gasteiger partial charge in [0.15, 0.2) is 5.78 Å². The Hall–Kier alpha value is -3.19. The summed E-state index contributed by atoms with van der Waals surface area (Å²) in [7, 11) is 0. The van der Waals surface area contributed by atoms with Crippen LogP contribution in [0.15, 0.2) is 70.3 Å². The molecule has 2 heterocycles. The molecule has 0 saturated carbocycles. The van der Waals surface area contributed by atoms with E-state index in [0.717, 1.165) is 17.0 Å². The third-order valence-corrected chi connectivity index (χ3v) is 5.59. The molecule has 5 nitrogen and oxygen atoms in total. The number of aryl methyl sites for hydroxylation is 1. The van der Waals surface area contributed by atoms with Gasteiger partial charge in [-0.05, 0) is 43.7 Å². The minimum absolute atomic E-state index is 0.0430. The highest BCUT2D eigenvalue weighted by atomic mass is 32.2. The molecule has 0 N–H and O–H groups in total. The number of aromatic nitrogens is 3. The van der Waals surface area contributed by atoms with Gasteiger partial charge >= 0.3 is 0 Å². The van der Waals surface area contributed by atoms with Crippen molar-refractivity contribution in [1.29, 1.82) is 0 Å². The molecule has 0 bridgehead atoms. The fourth-order valence-corrected chi connectivity index (χ4v) is 4.06. The van der Waals surface area contributed by atoms with Crippen molar-refractivity contribution in [2.75, 3.05) is 5.75 Å². The van der Waals surface area contributed by atoms with Gasteiger partial charge in [-0.2, -0.15) is 0 Å². The van der Waals surface area contributed by atoms with Gasteiger partial charge in [-0.25, -0.2) is 4.39 Å². The quantitative estimate of drug-likeness (QED) is 0.304. The lowest BCUT2D eigenvalue weighted by Gasteiger charge is -2.09. The number of nitrogens with zero attached hydrogens (tertiary/aromatic N) is 3. The van der Waals surface area contributed by atoms with Crippen molar-refractivity contribution < 1.29 is 13.6 Å². The molecule has 2 aromatic heterocycles. The number of Topliss-reactive ketones (excluding diaryl/α,β-unsaturated/α-hetero) is 1. The molecule has 2 aromatic carbocycles. The number of thioether (sulfide) groups is 1. The lowest BCUT2D eigenvalue weighted by Crippen LogP contribution is -2.05. The summed E-state index contributed by atoms with van der Waals surface area (Å²) in [6.45, 7) is 3.76. The van der Waals surface area contributed by atoms with Crippen LogP contribution in [0.2, 0.25) is 0 Å². The van der Waals surface area contributed by atoms with Gasteiger partial charge in [-0.3, -0.25) is 4.79 Å². The Kier molecular flexibility index (Phi) is 5.81. The van der Waals surface area contributed by atoms with E-state index < -0.39 is 0 Å². The van der Waals surface area contributed by atoms with Crippen molar-refractivity contribution in [3.05, 3.63) is 94.9 Å². The standard InChI is InChI=1S/C23H20FN3O2S/c1-15-11-20(16(2)27(15)19-10-6-9-18(24)13-19)21(28)14-30-23-26-25-22(29-23)12-17-7-4-3-5-8-17/h3-11,13H,12,14H2,1-2H3. The Morgan fingerprint density at radius 3 is 2.63 bits per heavy atom. The highest BCUT2D eigenvalue weighted by molar-refractivity contribution is 7.99. The number of hydrogen-bond donors (Lipinski definition) is 0. The van der Waals surface area contributed by atoms with Crippen LogP contribution >= 0.6 is 11.8 Å². The summed E-state index contributed by atoms with van der Waals surface area (Å²) in [6, 6.07) is 18.0. The first-order valence-electron chi connectivity index (χ1n) is 9.48. The number of rotatable bonds is 7. The maximum absolute atomic E-state index is 13.6. The van der Waals surface area contributed by atoms with Gasteiger partial charge in [0.2, 0.25) is 5.89 Å². The van der Waals surface area contributed by atoms with E-state index in [1.807, 2.05) is 60.9 Å². The van der Waals surface area contributed by atoms with Crippen LogP contribution in [0.1, 0.15) is 33.2 Å². The van der Waals surface area contributed by atoms with Crippen molar-refractivity contribution in [3.63, 3.8) is 0 Å². The molecule has 30 heavy (non-hydrogen) atoms. The second-order valence-corrected chi connectivity index (χ2v) is 7.86. The van der Waals surface area contributed by atoms with Crippen molar-refractivity contribution in [2.45, 2.75) is 25.5 Å². The third kappa shape index (κ3) is 4.36. The van der Waals surface area contributed by atoms with E-state index in [1.54, 1.807) is 6.07 Å². The number of hydrogen-bond acceptors (Lipinski definition) is 5. The SMILES string of the molecule is Cc1cc(C(=O)CSc2nnc(Cc3ccccc3)o2)c(C)n1-c1cccc(F)c1. The molecule has 0 amide bonds. The Morgan fingerprint density at radius 2 is 1.87 bits per heavy atom. The molecular formula is C23H20FN3O2S. The van der Waals surface area contributed by atoms with Crippen LogP contribution in [0.3, 0.4) is 0 Å². The topological polar surface area (TPSA) is 60.9 Å². The minimum atomic E-state index is -0.314. The van der Waals surface area contributed by atoms with Gasteiger partial charge in [0.05, 0.1) is 12.2 Å². The zero-order valence-corrected chi connectivity index (χ0v) is 17.4. The van der Waals surface area contributed by atoms with Crippen LogP contribution in [-0.4, -0.2) is 26.3 Å². The number of halogens is 1. The van der Waals surface area contributed by atoms with E-state index in [-0.39, 0.29) is 17.4 Å². The summed E-state index contributed by atoms with van der Waals surface area (Å²) >= 11 is 1.22. The molecule has 0 aliphatic carbocycles. The zero-order chi connectivity index (χ0) is 21.1. The van der Waals surface area contributed by atoms with Crippen molar-refractivity contribution >= 4 is 17.5 Å². The van der Waals surface area contributed by atoms with Crippen LogP contribution < -0.4 is 0 Å². The summed E-state index contributed by atoms with van der Waals surface area (Å²) in [4.78, 5) is 12.8. The second kappa shape index (κ2) is 8.67. The molecule has 0 saturated heterocycles.